The van der Waals surface area contributed by atoms with Crippen LogP contribution in [0.3, 0.4) is 0 Å². The van der Waals surface area contributed by atoms with Crippen LogP contribution >= 0.6 is 11.6 Å². The number of nitrogens with zero attached hydrogens (tertiary/aromatic N) is 1. The van der Waals surface area contributed by atoms with E-state index in [-0.39, 0.29) is 18.0 Å². The molecule has 148 valence electrons. The summed E-state index contributed by atoms with van der Waals surface area (Å²) in [6, 6.07) is 12.9. The smallest absolute Gasteiger partial charge is 0.243 e. The quantitative estimate of drug-likeness (QED) is 0.664. The topological polar surface area (TPSA) is 77.8 Å². The minimum absolute atomic E-state index is 0.0779. The summed E-state index contributed by atoms with van der Waals surface area (Å²) in [5, 5.41) is 20.7. The second-order valence-electron chi connectivity index (χ2n) is 6.62. The first-order chi connectivity index (χ1) is 12.8. The minimum Gasteiger partial charge on any atom is -0.395 e. The minimum atomic E-state index is -3.88. The third-order valence-electron chi connectivity index (χ3n) is 4.49. The average molecular weight is 412 g/mol. The van der Waals surface area contributed by atoms with Crippen LogP contribution < -0.4 is 0 Å². The van der Waals surface area contributed by atoms with Crippen LogP contribution in [-0.2, 0) is 16.4 Å². The molecule has 0 aliphatic heterocycles. The molecule has 0 aliphatic rings. The number of halogens is 1. The SMILES string of the molecule is CC[C@@H](O)CN(C(CO)Cc1ccc(Cl)cc1)S(=O)(=O)c1ccc(C)cc1. The van der Waals surface area contributed by atoms with Gasteiger partial charge < -0.3 is 10.2 Å². The van der Waals surface area contributed by atoms with Crippen molar-refractivity contribution in [3.8, 4) is 0 Å². The fourth-order valence-electron chi connectivity index (χ4n) is 2.78. The van der Waals surface area contributed by atoms with Gasteiger partial charge in [-0.1, -0.05) is 48.4 Å². The lowest BCUT2D eigenvalue weighted by Gasteiger charge is -2.31. The van der Waals surface area contributed by atoms with Crippen molar-refractivity contribution in [1.29, 1.82) is 0 Å². The van der Waals surface area contributed by atoms with Crippen LogP contribution in [0, 0.1) is 6.92 Å². The highest BCUT2D eigenvalue weighted by molar-refractivity contribution is 7.89. The fraction of sp³-hybridized carbons (Fsp3) is 0.400. The molecular formula is C20H26ClNO4S. The number of hydrogen-bond acceptors (Lipinski definition) is 4. The van der Waals surface area contributed by atoms with Gasteiger partial charge >= 0.3 is 0 Å². The maximum atomic E-state index is 13.2. The van der Waals surface area contributed by atoms with Gasteiger partial charge in [0.2, 0.25) is 10.0 Å². The van der Waals surface area contributed by atoms with Crippen molar-refractivity contribution in [2.45, 2.75) is 43.7 Å². The Kier molecular flexibility index (Phi) is 7.82. The van der Waals surface area contributed by atoms with Gasteiger partial charge in [0.05, 0.1) is 23.6 Å². The van der Waals surface area contributed by atoms with E-state index in [2.05, 4.69) is 0 Å². The number of benzene rings is 2. The summed E-state index contributed by atoms with van der Waals surface area (Å²) >= 11 is 5.91. The monoisotopic (exact) mass is 411 g/mol. The second-order valence-corrected chi connectivity index (χ2v) is 8.94. The van der Waals surface area contributed by atoms with Gasteiger partial charge in [0.15, 0.2) is 0 Å². The second kappa shape index (κ2) is 9.66. The van der Waals surface area contributed by atoms with Crippen molar-refractivity contribution in [3.05, 3.63) is 64.7 Å². The summed E-state index contributed by atoms with van der Waals surface area (Å²) in [5.74, 6) is 0. The predicted octanol–water partition coefficient (Wildman–Crippen LogP) is 3.01. The van der Waals surface area contributed by atoms with Crippen LogP contribution in [0.1, 0.15) is 24.5 Å². The van der Waals surface area contributed by atoms with Crippen molar-refractivity contribution >= 4 is 21.6 Å². The Morgan fingerprint density at radius 1 is 1.07 bits per heavy atom. The lowest BCUT2D eigenvalue weighted by atomic mass is 10.1. The number of rotatable bonds is 9. The van der Waals surface area contributed by atoms with Crippen molar-refractivity contribution in [1.82, 2.24) is 4.31 Å². The Labute approximate surface area is 166 Å². The standard InChI is InChI=1S/C20H26ClNO4S/c1-3-19(24)13-22(27(25,26)20-10-4-15(2)5-11-20)18(14-23)12-16-6-8-17(21)9-7-16/h4-11,18-19,23-24H,3,12-14H2,1-2H3/t18?,19-/m1/s1. The van der Waals surface area contributed by atoms with E-state index in [0.29, 0.717) is 17.9 Å². The van der Waals surface area contributed by atoms with Gasteiger partial charge in [-0.05, 0) is 49.6 Å². The molecule has 0 aliphatic carbocycles. The number of sulfonamides is 1. The molecule has 2 rings (SSSR count). The van der Waals surface area contributed by atoms with E-state index < -0.39 is 22.2 Å². The third kappa shape index (κ3) is 5.77. The zero-order valence-electron chi connectivity index (χ0n) is 15.5. The first-order valence-electron chi connectivity index (χ1n) is 8.89. The normalized spacial score (nSPS) is 14.3. The molecule has 0 saturated heterocycles. The molecule has 27 heavy (non-hydrogen) atoms. The van der Waals surface area contributed by atoms with E-state index in [1.165, 1.54) is 4.31 Å². The van der Waals surface area contributed by atoms with Gasteiger partial charge in [0.25, 0.3) is 0 Å². The van der Waals surface area contributed by atoms with Gasteiger partial charge in [-0.2, -0.15) is 4.31 Å². The maximum Gasteiger partial charge on any atom is 0.243 e. The van der Waals surface area contributed by atoms with E-state index in [9.17, 15) is 18.6 Å². The fourth-order valence-corrected chi connectivity index (χ4v) is 4.55. The molecule has 7 heteroatoms. The first-order valence-corrected chi connectivity index (χ1v) is 10.7. The molecular weight excluding hydrogens is 386 g/mol. The highest BCUT2D eigenvalue weighted by Gasteiger charge is 2.32. The first kappa shape index (κ1) is 21.9. The Morgan fingerprint density at radius 3 is 2.19 bits per heavy atom. The summed E-state index contributed by atoms with van der Waals surface area (Å²) in [6.07, 6.45) is -0.0849. The number of aryl methyl sites for hydroxylation is 1. The Bertz CT molecular complexity index is 822. The average Bonchev–Trinajstić information content (AvgIpc) is 2.66. The van der Waals surface area contributed by atoms with E-state index >= 15 is 0 Å². The molecule has 0 spiro atoms. The van der Waals surface area contributed by atoms with E-state index in [0.717, 1.165) is 11.1 Å². The Hall–Kier alpha value is -1.44. The molecule has 2 aromatic carbocycles. The summed E-state index contributed by atoms with van der Waals surface area (Å²) in [4.78, 5) is 0.144. The van der Waals surface area contributed by atoms with Crippen LogP contribution in [0.2, 0.25) is 5.02 Å². The maximum absolute atomic E-state index is 13.2. The van der Waals surface area contributed by atoms with Crippen LogP contribution in [-0.4, -0.2) is 48.2 Å². The van der Waals surface area contributed by atoms with Crippen LogP contribution in [0.15, 0.2) is 53.4 Å². The molecule has 2 atom stereocenters. The number of aliphatic hydroxyl groups is 2. The molecule has 0 amide bonds. The van der Waals surface area contributed by atoms with Crippen LogP contribution in [0.5, 0.6) is 0 Å². The number of aliphatic hydroxyl groups excluding tert-OH is 2. The van der Waals surface area contributed by atoms with Gasteiger partial charge in [-0.3, -0.25) is 0 Å². The molecule has 0 fully saturated rings. The molecule has 0 aromatic heterocycles. The van der Waals surface area contributed by atoms with Gasteiger partial charge in [-0.15, -0.1) is 0 Å². The van der Waals surface area contributed by atoms with Gasteiger partial charge in [0.1, 0.15) is 0 Å². The lowest BCUT2D eigenvalue weighted by Crippen LogP contribution is -2.47. The summed E-state index contributed by atoms with van der Waals surface area (Å²) in [6.45, 7) is 3.23. The zero-order valence-corrected chi connectivity index (χ0v) is 17.1. The predicted molar refractivity (Wildman–Crippen MR) is 107 cm³/mol. The Balaban J connectivity index is 2.38. The summed E-state index contributed by atoms with van der Waals surface area (Å²) in [5.41, 5.74) is 1.81. The molecule has 0 saturated carbocycles. The van der Waals surface area contributed by atoms with E-state index in [4.69, 9.17) is 11.6 Å². The van der Waals surface area contributed by atoms with Crippen LogP contribution in [0.25, 0.3) is 0 Å². The molecule has 0 heterocycles. The van der Waals surface area contributed by atoms with Crippen LogP contribution in [0.4, 0.5) is 0 Å². The molecule has 0 bridgehead atoms. The summed E-state index contributed by atoms with van der Waals surface area (Å²) in [7, 11) is -3.88. The molecule has 0 radical (unpaired) electrons. The van der Waals surface area contributed by atoms with Gasteiger partial charge in [-0.25, -0.2) is 8.42 Å². The molecule has 2 N–H and O–H groups in total. The van der Waals surface area contributed by atoms with Crippen molar-refractivity contribution in [2.75, 3.05) is 13.2 Å². The van der Waals surface area contributed by atoms with Crippen molar-refractivity contribution in [2.24, 2.45) is 0 Å². The van der Waals surface area contributed by atoms with Gasteiger partial charge in [0, 0.05) is 11.6 Å². The lowest BCUT2D eigenvalue weighted by molar-refractivity contribution is 0.108. The zero-order chi connectivity index (χ0) is 20.0. The summed E-state index contributed by atoms with van der Waals surface area (Å²) < 4.78 is 27.7. The van der Waals surface area contributed by atoms with E-state index in [1.54, 1.807) is 55.5 Å². The molecule has 2 aromatic rings. The van der Waals surface area contributed by atoms with E-state index in [1.807, 2.05) is 6.92 Å². The van der Waals surface area contributed by atoms with Crippen molar-refractivity contribution in [3.63, 3.8) is 0 Å². The molecule has 5 nitrogen and oxygen atoms in total. The highest BCUT2D eigenvalue weighted by Crippen LogP contribution is 2.22. The highest BCUT2D eigenvalue weighted by atomic mass is 35.5. The largest absolute Gasteiger partial charge is 0.395 e. The van der Waals surface area contributed by atoms with Crippen molar-refractivity contribution < 1.29 is 18.6 Å². The number of hydrogen-bond donors (Lipinski definition) is 2. The molecule has 1 unspecified atom stereocenters. The third-order valence-corrected chi connectivity index (χ3v) is 6.68. The Morgan fingerprint density at radius 2 is 1.67 bits per heavy atom.